The van der Waals surface area contributed by atoms with Gasteiger partial charge in [-0.05, 0) is 42.2 Å². The molecule has 152 valence electrons. The molecule has 0 radical (unpaired) electrons. The van der Waals surface area contributed by atoms with Gasteiger partial charge in [-0.2, -0.15) is 0 Å². The Morgan fingerprint density at radius 3 is 2.66 bits per heavy atom. The summed E-state index contributed by atoms with van der Waals surface area (Å²) in [4.78, 5) is 18.1. The van der Waals surface area contributed by atoms with Crippen molar-refractivity contribution in [1.29, 1.82) is 0 Å². The highest BCUT2D eigenvalue weighted by molar-refractivity contribution is 7.99. The highest BCUT2D eigenvalue weighted by Crippen LogP contribution is 2.40. The van der Waals surface area contributed by atoms with Crippen molar-refractivity contribution in [3.63, 3.8) is 0 Å². The summed E-state index contributed by atoms with van der Waals surface area (Å²) < 4.78 is 10.6. The molecule has 0 aliphatic rings. The van der Waals surface area contributed by atoms with Crippen LogP contribution in [-0.2, 0) is 0 Å². The summed E-state index contributed by atoms with van der Waals surface area (Å²) in [6.07, 6.45) is 1.53. The van der Waals surface area contributed by atoms with Crippen molar-refractivity contribution in [2.75, 3.05) is 25.3 Å². The Balaban J connectivity index is 2.05. The largest absolute Gasteiger partial charge is 0.496 e. The molecular formula is C19H19ClN4O3S2. The number of methoxy groups -OCH3 is 2. The van der Waals surface area contributed by atoms with Gasteiger partial charge in [-0.3, -0.25) is 15.1 Å². The lowest BCUT2D eigenvalue weighted by atomic mass is 9.99. The number of halogens is 1. The quantitative estimate of drug-likeness (QED) is 0.510. The number of carbonyl (C=O) groups excluding carboxylic acids is 1. The van der Waals surface area contributed by atoms with Crippen LogP contribution in [-0.4, -0.2) is 41.1 Å². The molecule has 0 fully saturated rings. The molecule has 2 aromatic heterocycles. The van der Waals surface area contributed by atoms with Crippen molar-refractivity contribution in [2.24, 2.45) is 0 Å². The summed E-state index contributed by atoms with van der Waals surface area (Å²) in [5.74, 6) is 1.15. The molecule has 0 saturated heterocycles. The third-order valence-electron chi connectivity index (χ3n) is 3.93. The van der Waals surface area contributed by atoms with Crippen LogP contribution in [0.5, 0.6) is 10.9 Å². The number of aryl methyl sites for hydroxylation is 1. The van der Waals surface area contributed by atoms with Crippen LogP contribution in [0.2, 0.25) is 5.02 Å². The molecule has 7 nitrogen and oxygen atoms in total. The summed E-state index contributed by atoms with van der Waals surface area (Å²) in [5, 5.41) is 11.7. The molecule has 0 saturated carbocycles. The highest BCUT2D eigenvalue weighted by Gasteiger charge is 2.20. The second kappa shape index (κ2) is 9.43. The van der Waals surface area contributed by atoms with Gasteiger partial charge < -0.3 is 9.47 Å². The lowest BCUT2D eigenvalue weighted by Gasteiger charge is -2.15. The van der Waals surface area contributed by atoms with Crippen LogP contribution >= 0.6 is 34.7 Å². The van der Waals surface area contributed by atoms with E-state index in [1.165, 1.54) is 13.3 Å². The molecule has 0 aliphatic heterocycles. The first-order valence-electron chi connectivity index (χ1n) is 8.63. The van der Waals surface area contributed by atoms with Gasteiger partial charge in [-0.25, -0.2) is 0 Å². The molecule has 1 amide bonds. The number of anilines is 1. The molecule has 2 heterocycles. The van der Waals surface area contributed by atoms with Gasteiger partial charge in [0.1, 0.15) is 5.75 Å². The first kappa shape index (κ1) is 21.4. The third-order valence-corrected chi connectivity index (χ3v) is 6.09. The van der Waals surface area contributed by atoms with E-state index in [2.05, 4.69) is 27.4 Å². The fourth-order valence-corrected chi connectivity index (χ4v) is 4.23. The minimum atomic E-state index is -0.364. The summed E-state index contributed by atoms with van der Waals surface area (Å²) in [6, 6.07) is 5.53. The number of rotatable bonds is 7. The highest BCUT2D eigenvalue weighted by atomic mass is 35.5. The first-order valence-corrected chi connectivity index (χ1v) is 10.8. The Bertz CT molecular complexity index is 1040. The standard InChI is InChI=1S/C19H19ClN4O3S2/c1-5-28-16-8-15(26-3)12(7-14(16)20)11-6-10(2)21-9-13(11)17(25)22-18-23-24-19(27-4)29-18/h6-9H,5H2,1-4H3,(H,22,23,25). The second-order valence-electron chi connectivity index (χ2n) is 5.82. The van der Waals surface area contributed by atoms with Crippen molar-refractivity contribution in [2.45, 2.75) is 18.7 Å². The molecule has 1 aromatic carbocycles. The third kappa shape index (κ3) is 4.80. The first-order chi connectivity index (χ1) is 14.0. The topological polar surface area (TPSA) is 86.2 Å². The summed E-state index contributed by atoms with van der Waals surface area (Å²) in [5.41, 5.74) is 2.51. The number of nitrogens with zero attached hydrogens (tertiary/aromatic N) is 3. The summed E-state index contributed by atoms with van der Waals surface area (Å²) in [7, 11) is 3.08. The summed E-state index contributed by atoms with van der Waals surface area (Å²) in [6.45, 7) is 3.91. The van der Waals surface area contributed by atoms with Crippen LogP contribution in [0, 0.1) is 6.92 Å². The zero-order valence-corrected chi connectivity index (χ0v) is 18.7. The maximum atomic E-state index is 12.9. The zero-order valence-electron chi connectivity index (χ0n) is 16.3. The number of nitrogens with one attached hydrogen (secondary N) is 1. The minimum Gasteiger partial charge on any atom is -0.496 e. The fourth-order valence-electron chi connectivity index (χ4n) is 2.65. The van der Waals surface area contributed by atoms with Gasteiger partial charge in [0.2, 0.25) is 5.13 Å². The number of thioether (sulfide) groups is 1. The molecule has 0 bridgehead atoms. The molecule has 29 heavy (non-hydrogen) atoms. The Morgan fingerprint density at radius 2 is 2.00 bits per heavy atom. The van der Waals surface area contributed by atoms with E-state index in [0.717, 1.165) is 27.7 Å². The predicted octanol–water partition coefficient (Wildman–Crippen LogP) is 4.94. The van der Waals surface area contributed by atoms with Crippen LogP contribution < -0.4 is 14.8 Å². The molecule has 0 unspecified atom stereocenters. The van der Waals surface area contributed by atoms with Crippen molar-refractivity contribution in [3.8, 4) is 22.1 Å². The van der Waals surface area contributed by atoms with Gasteiger partial charge in [0, 0.05) is 27.9 Å². The number of ether oxygens (including phenoxy) is 2. The number of benzene rings is 1. The van der Waals surface area contributed by atoms with Crippen LogP contribution in [0.1, 0.15) is 23.0 Å². The maximum absolute atomic E-state index is 12.9. The summed E-state index contributed by atoms with van der Waals surface area (Å²) >= 11 is 9.24. The van der Waals surface area contributed by atoms with Crippen LogP contribution in [0.3, 0.4) is 0 Å². The van der Waals surface area contributed by atoms with E-state index in [0.29, 0.717) is 37.8 Å². The van der Waals surface area contributed by atoms with E-state index in [4.69, 9.17) is 21.1 Å². The molecular weight excluding hydrogens is 432 g/mol. The predicted molar refractivity (Wildman–Crippen MR) is 117 cm³/mol. The minimum absolute atomic E-state index is 0.332. The van der Waals surface area contributed by atoms with Crippen LogP contribution in [0.4, 0.5) is 5.13 Å². The van der Waals surface area contributed by atoms with Gasteiger partial charge in [-0.1, -0.05) is 23.6 Å². The van der Waals surface area contributed by atoms with Crippen molar-refractivity contribution < 1.29 is 14.3 Å². The van der Waals surface area contributed by atoms with Gasteiger partial charge in [0.05, 0.1) is 24.8 Å². The monoisotopic (exact) mass is 450 g/mol. The molecule has 10 heteroatoms. The maximum Gasteiger partial charge on any atom is 0.295 e. The Kier molecular flexibility index (Phi) is 6.94. The average molecular weight is 451 g/mol. The molecule has 3 aromatic rings. The molecule has 0 aliphatic carbocycles. The Morgan fingerprint density at radius 1 is 1.21 bits per heavy atom. The van der Waals surface area contributed by atoms with E-state index in [1.54, 1.807) is 18.9 Å². The fraction of sp³-hybridized carbons (Fsp3) is 0.263. The number of hydrogen-bond acceptors (Lipinski definition) is 8. The lowest BCUT2D eigenvalue weighted by molar-refractivity contribution is 0.102. The second-order valence-corrected chi connectivity index (χ2v) is 8.47. The molecule has 1 N–H and O–H groups in total. The molecule has 3 rings (SSSR count). The average Bonchev–Trinajstić information content (AvgIpc) is 3.16. The van der Waals surface area contributed by atoms with Gasteiger partial charge in [0.15, 0.2) is 0 Å². The normalized spacial score (nSPS) is 10.7. The molecule has 0 spiro atoms. The number of hydrogen-bond donors (Lipinski definition) is 1. The van der Waals surface area contributed by atoms with Gasteiger partial charge >= 0.3 is 0 Å². The van der Waals surface area contributed by atoms with Gasteiger partial charge in [0.25, 0.3) is 11.1 Å². The van der Waals surface area contributed by atoms with E-state index >= 15 is 0 Å². The van der Waals surface area contributed by atoms with Crippen molar-refractivity contribution >= 4 is 45.7 Å². The van der Waals surface area contributed by atoms with E-state index in [9.17, 15) is 4.79 Å². The lowest BCUT2D eigenvalue weighted by Crippen LogP contribution is -2.14. The smallest absolute Gasteiger partial charge is 0.295 e. The van der Waals surface area contributed by atoms with E-state index in [-0.39, 0.29) is 5.91 Å². The Labute approximate surface area is 181 Å². The van der Waals surface area contributed by atoms with Gasteiger partial charge in [-0.15, -0.1) is 16.9 Å². The van der Waals surface area contributed by atoms with Crippen molar-refractivity contribution in [1.82, 2.24) is 15.2 Å². The molecule has 0 atom stereocenters. The van der Waals surface area contributed by atoms with Crippen LogP contribution in [0.25, 0.3) is 11.1 Å². The number of pyridine rings is 1. The Hall–Kier alpha value is -2.36. The van der Waals surface area contributed by atoms with E-state index in [1.807, 2.05) is 25.1 Å². The number of aromatic nitrogens is 3. The van der Waals surface area contributed by atoms with Crippen LogP contribution in [0.15, 0.2) is 29.3 Å². The zero-order chi connectivity index (χ0) is 21.0. The number of carbonyl (C=O) groups is 1. The van der Waals surface area contributed by atoms with Crippen molar-refractivity contribution in [3.05, 3.63) is 40.7 Å². The number of amides is 1. The SMILES string of the molecule is CCSc1cc(OC)c(-c2cc(C)ncc2C(=O)Nc2nnc(OC)s2)cc1Cl. The van der Waals surface area contributed by atoms with E-state index < -0.39 is 0 Å².